The summed E-state index contributed by atoms with van der Waals surface area (Å²) in [5, 5.41) is 3.10. The number of hydrogen-bond acceptors (Lipinski definition) is 5. The molecule has 0 amide bonds. The van der Waals surface area contributed by atoms with Crippen LogP contribution in [0.15, 0.2) is 0 Å². The van der Waals surface area contributed by atoms with Crippen LogP contribution >= 0.6 is 0 Å². The van der Waals surface area contributed by atoms with Gasteiger partial charge < -0.3 is 5.32 Å². The highest BCUT2D eigenvalue weighted by atomic mass is 32.2. The maximum atomic E-state index is 11.7. The zero-order chi connectivity index (χ0) is 13.1. The number of sulfone groups is 1. The van der Waals surface area contributed by atoms with E-state index in [0.717, 1.165) is 25.6 Å². The van der Waals surface area contributed by atoms with Crippen LogP contribution in [0.5, 0.6) is 0 Å². The molecule has 1 aliphatic heterocycles. The Labute approximate surface area is 103 Å². The highest BCUT2D eigenvalue weighted by molar-refractivity contribution is 7.91. The van der Waals surface area contributed by atoms with Gasteiger partial charge in [0.05, 0.1) is 11.5 Å². The predicted molar refractivity (Wildman–Crippen MR) is 67.1 cm³/mol. The van der Waals surface area contributed by atoms with Gasteiger partial charge in [0.1, 0.15) is 9.84 Å². The van der Waals surface area contributed by atoms with E-state index in [1.807, 2.05) is 0 Å². The topological polar surface area (TPSA) is 92.3 Å². The average Bonchev–Trinajstić information content (AvgIpc) is 2.49. The van der Waals surface area contributed by atoms with Crippen LogP contribution in [0.4, 0.5) is 0 Å². The fourth-order valence-corrected chi connectivity index (χ4v) is 4.71. The second-order valence-corrected chi connectivity index (χ2v) is 8.67. The third kappa shape index (κ3) is 6.35. The molecular weight excluding hydrogens is 264 g/mol. The molecule has 1 rings (SSSR count). The molecule has 102 valence electrons. The van der Waals surface area contributed by atoms with Gasteiger partial charge in [-0.25, -0.2) is 21.6 Å². The van der Waals surface area contributed by atoms with Crippen molar-refractivity contribution in [2.24, 2.45) is 0 Å². The van der Waals surface area contributed by atoms with Gasteiger partial charge in [-0.2, -0.15) is 0 Å². The maximum absolute atomic E-state index is 11.7. The first-order valence-electron chi connectivity index (χ1n) is 5.59. The van der Waals surface area contributed by atoms with E-state index in [1.54, 1.807) is 6.92 Å². The summed E-state index contributed by atoms with van der Waals surface area (Å²) in [6.45, 7) is 2.40. The van der Waals surface area contributed by atoms with Crippen LogP contribution in [0.3, 0.4) is 0 Å². The summed E-state index contributed by atoms with van der Waals surface area (Å²) in [6, 6.07) is -0.602. The van der Waals surface area contributed by atoms with Gasteiger partial charge in [0.2, 0.25) is 10.0 Å². The standard InChI is InChI=1S/C9H20N2O4S2/c1-8(6-16(2,12)13)11-17(14,15)7-9-4-3-5-10-9/h8-11H,3-7H2,1-2H3. The lowest BCUT2D eigenvalue weighted by molar-refractivity contribution is 0.551. The van der Waals surface area contributed by atoms with Crippen LogP contribution < -0.4 is 10.0 Å². The lowest BCUT2D eigenvalue weighted by atomic mass is 10.3. The number of sulfonamides is 1. The van der Waals surface area contributed by atoms with Crippen LogP contribution in [-0.4, -0.2) is 53.2 Å². The van der Waals surface area contributed by atoms with E-state index in [4.69, 9.17) is 0 Å². The van der Waals surface area contributed by atoms with Crippen molar-refractivity contribution in [1.29, 1.82) is 0 Å². The minimum atomic E-state index is -3.41. The molecule has 6 nitrogen and oxygen atoms in total. The van der Waals surface area contributed by atoms with Gasteiger partial charge in [0.15, 0.2) is 0 Å². The highest BCUT2D eigenvalue weighted by Gasteiger charge is 2.24. The molecule has 0 aromatic rings. The van der Waals surface area contributed by atoms with E-state index >= 15 is 0 Å². The van der Waals surface area contributed by atoms with E-state index in [-0.39, 0.29) is 17.5 Å². The van der Waals surface area contributed by atoms with E-state index in [1.165, 1.54) is 0 Å². The molecule has 0 aromatic heterocycles. The summed E-state index contributed by atoms with van der Waals surface area (Å²) in [7, 11) is -6.58. The Balaban J connectivity index is 2.48. The fourth-order valence-electron chi connectivity index (χ4n) is 2.01. The molecule has 2 unspecified atom stereocenters. The van der Waals surface area contributed by atoms with Crippen LogP contribution in [0.2, 0.25) is 0 Å². The monoisotopic (exact) mass is 284 g/mol. The summed E-state index contributed by atoms with van der Waals surface area (Å²) >= 11 is 0. The van der Waals surface area contributed by atoms with Gasteiger partial charge >= 0.3 is 0 Å². The first-order valence-corrected chi connectivity index (χ1v) is 9.30. The number of hydrogen-bond donors (Lipinski definition) is 2. The van der Waals surface area contributed by atoms with Crippen molar-refractivity contribution in [2.45, 2.75) is 31.8 Å². The minimum Gasteiger partial charge on any atom is -0.313 e. The van der Waals surface area contributed by atoms with Crippen molar-refractivity contribution in [3.8, 4) is 0 Å². The second-order valence-electron chi connectivity index (χ2n) is 4.69. The number of rotatable bonds is 6. The molecule has 0 bridgehead atoms. The third-order valence-electron chi connectivity index (χ3n) is 2.52. The fraction of sp³-hybridized carbons (Fsp3) is 1.00. The Kier molecular flexibility index (Phi) is 4.94. The van der Waals surface area contributed by atoms with Crippen LogP contribution in [0.1, 0.15) is 19.8 Å². The highest BCUT2D eigenvalue weighted by Crippen LogP contribution is 2.07. The Bertz CT molecular complexity index is 438. The van der Waals surface area contributed by atoms with Crippen molar-refractivity contribution >= 4 is 19.9 Å². The molecule has 1 heterocycles. The molecule has 2 atom stereocenters. The summed E-state index contributed by atoms with van der Waals surface area (Å²) in [5.41, 5.74) is 0. The Morgan fingerprint density at radius 2 is 2.00 bits per heavy atom. The zero-order valence-corrected chi connectivity index (χ0v) is 11.8. The predicted octanol–water partition coefficient (Wildman–Crippen LogP) is -0.909. The lowest BCUT2D eigenvalue weighted by Crippen LogP contribution is -2.42. The lowest BCUT2D eigenvalue weighted by Gasteiger charge is -2.15. The quantitative estimate of drug-likeness (QED) is 0.659. The van der Waals surface area contributed by atoms with Gasteiger partial charge in [-0.15, -0.1) is 0 Å². The molecule has 0 aromatic carbocycles. The molecule has 0 radical (unpaired) electrons. The van der Waals surface area contributed by atoms with Gasteiger partial charge in [0, 0.05) is 18.3 Å². The van der Waals surface area contributed by atoms with Crippen LogP contribution in [-0.2, 0) is 19.9 Å². The van der Waals surface area contributed by atoms with Crippen molar-refractivity contribution in [1.82, 2.24) is 10.0 Å². The molecule has 8 heteroatoms. The van der Waals surface area contributed by atoms with Crippen molar-refractivity contribution in [3.63, 3.8) is 0 Å². The molecule has 17 heavy (non-hydrogen) atoms. The van der Waals surface area contributed by atoms with E-state index < -0.39 is 25.9 Å². The van der Waals surface area contributed by atoms with Crippen LogP contribution in [0.25, 0.3) is 0 Å². The molecule has 2 N–H and O–H groups in total. The Morgan fingerprint density at radius 1 is 1.35 bits per heavy atom. The largest absolute Gasteiger partial charge is 0.313 e. The third-order valence-corrected chi connectivity index (χ3v) is 5.22. The SMILES string of the molecule is CC(CS(C)(=O)=O)NS(=O)(=O)CC1CCCN1. The maximum Gasteiger partial charge on any atom is 0.213 e. The average molecular weight is 284 g/mol. The number of nitrogens with one attached hydrogen (secondary N) is 2. The van der Waals surface area contributed by atoms with Crippen molar-refractivity contribution in [2.75, 3.05) is 24.3 Å². The first kappa shape index (κ1) is 14.9. The summed E-state index contributed by atoms with van der Waals surface area (Å²) < 4.78 is 47.9. The summed E-state index contributed by atoms with van der Waals surface area (Å²) in [4.78, 5) is 0. The normalized spacial score (nSPS) is 23.8. The molecular formula is C9H20N2O4S2. The smallest absolute Gasteiger partial charge is 0.213 e. The van der Waals surface area contributed by atoms with Gasteiger partial charge in [0.25, 0.3) is 0 Å². The minimum absolute atomic E-state index is 0.0150. The molecule has 0 saturated carbocycles. The molecule has 1 saturated heterocycles. The van der Waals surface area contributed by atoms with E-state index in [2.05, 4.69) is 10.0 Å². The van der Waals surface area contributed by atoms with Gasteiger partial charge in [-0.1, -0.05) is 0 Å². The van der Waals surface area contributed by atoms with Gasteiger partial charge in [-0.3, -0.25) is 0 Å². The van der Waals surface area contributed by atoms with Gasteiger partial charge in [-0.05, 0) is 26.3 Å². The summed E-state index contributed by atoms with van der Waals surface area (Å²) in [5.74, 6) is -0.161. The van der Waals surface area contributed by atoms with E-state index in [0.29, 0.717) is 0 Å². The molecule has 0 spiro atoms. The second kappa shape index (κ2) is 5.64. The van der Waals surface area contributed by atoms with Crippen molar-refractivity contribution < 1.29 is 16.8 Å². The summed E-state index contributed by atoms with van der Waals surface area (Å²) in [6.07, 6.45) is 2.93. The van der Waals surface area contributed by atoms with E-state index in [9.17, 15) is 16.8 Å². The first-order chi connectivity index (χ1) is 7.68. The Hall–Kier alpha value is -0.180. The molecule has 1 fully saturated rings. The zero-order valence-electron chi connectivity index (χ0n) is 10.1. The van der Waals surface area contributed by atoms with Crippen LogP contribution in [0, 0.1) is 0 Å². The molecule has 0 aliphatic carbocycles. The Morgan fingerprint density at radius 3 is 2.47 bits per heavy atom. The molecule has 1 aliphatic rings. The van der Waals surface area contributed by atoms with Crippen molar-refractivity contribution in [3.05, 3.63) is 0 Å².